The van der Waals surface area contributed by atoms with E-state index in [1.807, 2.05) is 29.4 Å². The lowest BCUT2D eigenvalue weighted by atomic mass is 10.3. The maximum absolute atomic E-state index is 6.01. The Bertz CT molecular complexity index is 371. The van der Waals surface area contributed by atoms with Crippen molar-refractivity contribution in [1.82, 2.24) is 9.78 Å². The van der Waals surface area contributed by atoms with E-state index in [0.29, 0.717) is 6.04 Å². The van der Waals surface area contributed by atoms with Gasteiger partial charge in [-0.3, -0.25) is 0 Å². The average Bonchev–Trinajstić information content (AvgIpc) is 2.57. The van der Waals surface area contributed by atoms with Gasteiger partial charge in [0.1, 0.15) is 5.82 Å². The van der Waals surface area contributed by atoms with E-state index in [-0.39, 0.29) is 0 Å². The summed E-state index contributed by atoms with van der Waals surface area (Å²) in [7, 11) is 0. The number of hydrogen-bond acceptors (Lipinski definition) is 4. The largest absolute Gasteiger partial charge is 0.394 e. The molecule has 0 aliphatic rings. The van der Waals surface area contributed by atoms with Crippen molar-refractivity contribution in [2.24, 2.45) is 0 Å². The highest BCUT2D eigenvalue weighted by atomic mass is 32.2. The van der Waals surface area contributed by atoms with Crippen LogP contribution in [0.2, 0.25) is 0 Å². The van der Waals surface area contributed by atoms with E-state index in [2.05, 4.69) is 30.8 Å². The summed E-state index contributed by atoms with van der Waals surface area (Å²) in [5, 5.41) is 7.79. The molecule has 0 saturated heterocycles. The number of nitrogens with one attached hydrogen (secondary N) is 1. The van der Waals surface area contributed by atoms with E-state index < -0.39 is 0 Å². The predicted molar refractivity (Wildman–Crippen MR) is 77.8 cm³/mol. The quantitative estimate of drug-likeness (QED) is 0.580. The lowest BCUT2D eigenvalue weighted by Gasteiger charge is -2.13. The van der Waals surface area contributed by atoms with Gasteiger partial charge in [-0.2, -0.15) is 16.9 Å². The second-order valence-corrected chi connectivity index (χ2v) is 5.33. The number of nitrogens with two attached hydrogens (primary N) is 1. The van der Waals surface area contributed by atoms with Gasteiger partial charge in [0.15, 0.2) is 0 Å². The zero-order valence-electron chi connectivity index (χ0n) is 10.9. The van der Waals surface area contributed by atoms with Crippen LogP contribution >= 0.6 is 11.8 Å². The first-order chi connectivity index (χ1) is 8.07. The number of nitrogen functional groups attached to an aromatic ring is 1. The van der Waals surface area contributed by atoms with Crippen molar-refractivity contribution in [3.63, 3.8) is 0 Å². The monoisotopic (exact) mass is 254 g/mol. The van der Waals surface area contributed by atoms with E-state index in [4.69, 9.17) is 5.73 Å². The number of rotatable bonds is 7. The van der Waals surface area contributed by atoms with Crippen LogP contribution in [0.25, 0.3) is 0 Å². The normalized spacial score (nSPS) is 10.8. The number of nitrogens with zero attached hydrogens (tertiary/aromatic N) is 2. The summed E-state index contributed by atoms with van der Waals surface area (Å²) in [5.41, 5.74) is 7.66. The van der Waals surface area contributed by atoms with Crippen molar-refractivity contribution >= 4 is 23.3 Å². The van der Waals surface area contributed by atoms with Crippen molar-refractivity contribution in [1.29, 1.82) is 0 Å². The van der Waals surface area contributed by atoms with Crippen molar-refractivity contribution in [3.05, 3.63) is 18.3 Å². The summed E-state index contributed by atoms with van der Waals surface area (Å²) in [6, 6.07) is 0.314. The minimum atomic E-state index is 0.314. The molecule has 0 bridgehead atoms. The maximum atomic E-state index is 6.01. The Morgan fingerprint density at radius 2 is 2.29 bits per heavy atom. The first-order valence-electron chi connectivity index (χ1n) is 5.85. The third kappa shape index (κ3) is 3.70. The Kier molecular flexibility index (Phi) is 5.41. The molecule has 96 valence electrons. The zero-order chi connectivity index (χ0) is 12.8. The fourth-order valence-corrected chi connectivity index (χ4v) is 2.10. The maximum Gasteiger partial charge on any atom is 0.148 e. The predicted octanol–water partition coefficient (Wildman–Crippen LogP) is 2.69. The Labute approximate surface area is 108 Å². The molecular weight excluding hydrogens is 232 g/mol. The van der Waals surface area contributed by atoms with Gasteiger partial charge < -0.3 is 11.1 Å². The van der Waals surface area contributed by atoms with Crippen LogP contribution in [-0.4, -0.2) is 27.8 Å². The molecule has 1 aromatic heterocycles. The molecular formula is C12H22N4S. The fourth-order valence-electron chi connectivity index (χ4n) is 1.52. The second-order valence-electron chi connectivity index (χ2n) is 4.18. The smallest absolute Gasteiger partial charge is 0.148 e. The van der Waals surface area contributed by atoms with E-state index >= 15 is 0 Å². The molecule has 0 amide bonds. The SMILES string of the molecule is C=CCSCCNc1c(N)c(C)nn1C(C)C. The molecule has 0 aromatic carbocycles. The third-order valence-corrected chi connectivity index (χ3v) is 3.36. The number of aromatic nitrogens is 2. The molecule has 0 saturated carbocycles. The van der Waals surface area contributed by atoms with Crippen LogP contribution < -0.4 is 11.1 Å². The van der Waals surface area contributed by atoms with Gasteiger partial charge in [0.05, 0.1) is 11.4 Å². The van der Waals surface area contributed by atoms with Crippen molar-refractivity contribution in [2.75, 3.05) is 29.1 Å². The van der Waals surface area contributed by atoms with E-state index in [9.17, 15) is 0 Å². The summed E-state index contributed by atoms with van der Waals surface area (Å²) < 4.78 is 1.95. The number of aryl methyl sites for hydroxylation is 1. The summed E-state index contributed by atoms with van der Waals surface area (Å²) >= 11 is 1.85. The Hall–Kier alpha value is -1.10. The minimum absolute atomic E-state index is 0.314. The standard InChI is InChI=1S/C12H22N4S/c1-5-7-17-8-6-14-12-11(13)10(4)15-16(12)9(2)3/h5,9,14H,1,6-8,13H2,2-4H3. The summed E-state index contributed by atoms with van der Waals surface area (Å²) in [5.74, 6) is 2.96. The van der Waals surface area contributed by atoms with Gasteiger partial charge in [-0.25, -0.2) is 4.68 Å². The lowest BCUT2D eigenvalue weighted by molar-refractivity contribution is 0.535. The Balaban J connectivity index is 2.59. The zero-order valence-corrected chi connectivity index (χ0v) is 11.7. The van der Waals surface area contributed by atoms with Gasteiger partial charge in [-0.1, -0.05) is 6.08 Å². The highest BCUT2D eigenvalue weighted by Gasteiger charge is 2.13. The molecule has 17 heavy (non-hydrogen) atoms. The van der Waals surface area contributed by atoms with E-state index in [1.165, 1.54) is 0 Å². The lowest BCUT2D eigenvalue weighted by Crippen LogP contribution is -2.13. The number of anilines is 2. The molecule has 0 atom stereocenters. The molecule has 1 aromatic rings. The van der Waals surface area contributed by atoms with Crippen molar-refractivity contribution in [2.45, 2.75) is 26.8 Å². The molecule has 0 unspecified atom stereocenters. The highest BCUT2D eigenvalue weighted by molar-refractivity contribution is 7.99. The van der Waals surface area contributed by atoms with Crippen LogP contribution in [0, 0.1) is 6.92 Å². The molecule has 0 fully saturated rings. The molecule has 0 radical (unpaired) electrons. The molecule has 4 nitrogen and oxygen atoms in total. The van der Waals surface area contributed by atoms with Crippen molar-refractivity contribution < 1.29 is 0 Å². The molecule has 5 heteroatoms. The Morgan fingerprint density at radius 3 is 2.88 bits per heavy atom. The van der Waals surface area contributed by atoms with Gasteiger partial charge in [-0.15, -0.1) is 6.58 Å². The summed E-state index contributed by atoms with van der Waals surface area (Å²) in [6.07, 6.45) is 1.92. The Morgan fingerprint density at radius 1 is 1.59 bits per heavy atom. The van der Waals surface area contributed by atoms with Gasteiger partial charge in [0.25, 0.3) is 0 Å². The third-order valence-electron chi connectivity index (χ3n) is 2.40. The van der Waals surface area contributed by atoms with Gasteiger partial charge in [0, 0.05) is 24.1 Å². The topological polar surface area (TPSA) is 55.9 Å². The fraction of sp³-hybridized carbons (Fsp3) is 0.583. The molecule has 0 aliphatic carbocycles. The van der Waals surface area contributed by atoms with E-state index in [0.717, 1.165) is 35.2 Å². The van der Waals surface area contributed by atoms with Gasteiger partial charge >= 0.3 is 0 Å². The first-order valence-corrected chi connectivity index (χ1v) is 7.00. The van der Waals surface area contributed by atoms with Crippen LogP contribution in [0.4, 0.5) is 11.5 Å². The molecule has 3 N–H and O–H groups in total. The first kappa shape index (κ1) is 14.0. The molecule has 0 aliphatic heterocycles. The van der Waals surface area contributed by atoms with Gasteiger partial charge in [-0.05, 0) is 20.8 Å². The summed E-state index contributed by atoms with van der Waals surface area (Å²) in [6.45, 7) is 10.7. The summed E-state index contributed by atoms with van der Waals surface area (Å²) in [4.78, 5) is 0. The van der Waals surface area contributed by atoms with Crippen LogP contribution in [-0.2, 0) is 0 Å². The van der Waals surface area contributed by atoms with Crippen molar-refractivity contribution in [3.8, 4) is 0 Å². The molecule has 1 heterocycles. The van der Waals surface area contributed by atoms with Crippen LogP contribution in [0.3, 0.4) is 0 Å². The van der Waals surface area contributed by atoms with E-state index in [1.54, 1.807) is 0 Å². The van der Waals surface area contributed by atoms with Crippen LogP contribution in [0.5, 0.6) is 0 Å². The van der Waals surface area contributed by atoms with Gasteiger partial charge in [0.2, 0.25) is 0 Å². The second kappa shape index (κ2) is 6.59. The highest BCUT2D eigenvalue weighted by Crippen LogP contribution is 2.25. The number of hydrogen-bond donors (Lipinski definition) is 2. The molecule has 1 rings (SSSR count). The van der Waals surface area contributed by atoms with Crippen LogP contribution in [0.15, 0.2) is 12.7 Å². The van der Waals surface area contributed by atoms with Crippen LogP contribution in [0.1, 0.15) is 25.6 Å². The average molecular weight is 254 g/mol. The molecule has 0 spiro atoms. The number of thioether (sulfide) groups is 1. The minimum Gasteiger partial charge on any atom is -0.394 e.